The van der Waals surface area contributed by atoms with Crippen LogP contribution in [0.4, 0.5) is 0 Å². The topological polar surface area (TPSA) is 67.1 Å². The number of rotatable bonds is 9. The maximum atomic E-state index is 6.00. The van der Waals surface area contributed by atoms with Gasteiger partial charge in [-0.05, 0) is 56.0 Å². The van der Waals surface area contributed by atoms with Gasteiger partial charge in [-0.1, -0.05) is 75.1 Å². The molecule has 3 N–H and O–H groups in total. The molecule has 4 rings (SSSR count). The summed E-state index contributed by atoms with van der Waals surface area (Å²) in [5, 5.41) is 0. The Morgan fingerprint density at radius 3 is 2.55 bits per heavy atom. The second-order valence-electron chi connectivity index (χ2n) is 9.04. The van der Waals surface area contributed by atoms with Crippen molar-refractivity contribution in [2.75, 3.05) is 13.1 Å². The Hall–Kier alpha value is -2.46. The van der Waals surface area contributed by atoms with Gasteiger partial charge >= 0.3 is 0 Å². The summed E-state index contributed by atoms with van der Waals surface area (Å²) in [6, 6.07) is 18.6. The molecule has 1 aliphatic rings. The standard InChI is InChI=1S/C19H30N2.C8H8N2/c1-19(16-20,18-11-3-2-4-12-18)13-15-21-14-6-5-8-17-9-7-10-17;1-6-9-7-4-2-3-5-8(7)10-6/h2-4,11-12,14,17H,5-10,13,15-16,20H2,1H3;2-5H,1H3,(H,9,10). The zero-order valence-electron chi connectivity index (χ0n) is 19.2. The molecule has 1 aliphatic carbocycles. The van der Waals surface area contributed by atoms with Crippen LogP contribution in [-0.4, -0.2) is 29.3 Å². The van der Waals surface area contributed by atoms with Crippen LogP contribution in [0.5, 0.6) is 0 Å². The van der Waals surface area contributed by atoms with E-state index in [1.807, 2.05) is 31.2 Å². The average Bonchev–Trinajstić information content (AvgIpc) is 3.15. The molecule has 1 aromatic heterocycles. The second-order valence-corrected chi connectivity index (χ2v) is 9.04. The molecule has 1 atom stereocenters. The Kier molecular flexibility index (Phi) is 8.84. The van der Waals surface area contributed by atoms with Crippen molar-refractivity contribution >= 4 is 17.2 Å². The van der Waals surface area contributed by atoms with Crippen molar-refractivity contribution in [2.24, 2.45) is 16.6 Å². The maximum absolute atomic E-state index is 6.00. The van der Waals surface area contributed by atoms with Gasteiger partial charge in [-0.3, -0.25) is 4.99 Å². The molecule has 4 heteroatoms. The molecule has 0 amide bonds. The summed E-state index contributed by atoms with van der Waals surface area (Å²) in [6.07, 6.45) is 11.4. The quantitative estimate of drug-likeness (QED) is 0.321. The normalized spacial score (nSPS) is 16.0. The lowest BCUT2D eigenvalue weighted by Gasteiger charge is -2.28. The van der Waals surface area contributed by atoms with Crippen molar-refractivity contribution < 1.29 is 0 Å². The van der Waals surface area contributed by atoms with Gasteiger partial charge in [0.25, 0.3) is 0 Å². The van der Waals surface area contributed by atoms with E-state index in [1.54, 1.807) is 0 Å². The van der Waals surface area contributed by atoms with E-state index in [1.165, 1.54) is 37.7 Å². The lowest BCUT2D eigenvalue weighted by Crippen LogP contribution is -2.32. The molecule has 0 spiro atoms. The summed E-state index contributed by atoms with van der Waals surface area (Å²) in [7, 11) is 0. The first kappa shape index (κ1) is 23.2. The first-order valence-corrected chi connectivity index (χ1v) is 11.8. The number of unbranched alkanes of at least 4 members (excludes halogenated alkanes) is 1. The number of aryl methyl sites for hydroxylation is 1. The number of benzene rings is 2. The van der Waals surface area contributed by atoms with Crippen LogP contribution in [0.2, 0.25) is 0 Å². The number of aliphatic imine (C=N–C) groups is 1. The molecule has 1 saturated carbocycles. The fourth-order valence-electron chi connectivity index (χ4n) is 4.06. The zero-order valence-corrected chi connectivity index (χ0v) is 19.2. The SMILES string of the molecule is CC(CN)(CCN=CCCCC1CCC1)c1ccccc1.Cc1nc2ccccc2[nH]1. The number of aromatic nitrogens is 2. The highest BCUT2D eigenvalue weighted by Gasteiger charge is 2.23. The van der Waals surface area contributed by atoms with E-state index < -0.39 is 0 Å². The number of imidazole rings is 1. The zero-order chi connectivity index (χ0) is 21.9. The highest BCUT2D eigenvalue weighted by atomic mass is 14.9. The number of para-hydroxylation sites is 2. The van der Waals surface area contributed by atoms with Gasteiger partial charge in [0.15, 0.2) is 0 Å². The summed E-state index contributed by atoms with van der Waals surface area (Å²) in [5.74, 6) is 2.00. The first-order valence-electron chi connectivity index (χ1n) is 11.8. The minimum absolute atomic E-state index is 0.0462. The predicted molar refractivity (Wildman–Crippen MR) is 133 cm³/mol. The molecule has 166 valence electrons. The van der Waals surface area contributed by atoms with E-state index in [-0.39, 0.29) is 5.41 Å². The minimum Gasteiger partial charge on any atom is -0.342 e. The molecule has 3 aromatic rings. The minimum atomic E-state index is 0.0462. The van der Waals surface area contributed by atoms with Crippen molar-refractivity contribution in [3.8, 4) is 0 Å². The smallest absolute Gasteiger partial charge is 0.104 e. The van der Waals surface area contributed by atoms with Crippen molar-refractivity contribution in [2.45, 2.75) is 64.2 Å². The first-order chi connectivity index (χ1) is 15.1. The molecule has 31 heavy (non-hydrogen) atoms. The lowest BCUT2D eigenvalue weighted by atomic mass is 9.79. The summed E-state index contributed by atoms with van der Waals surface area (Å²) in [5.41, 5.74) is 9.53. The van der Waals surface area contributed by atoms with Crippen LogP contribution in [-0.2, 0) is 5.41 Å². The number of nitrogens with zero attached hydrogens (tertiary/aromatic N) is 2. The van der Waals surface area contributed by atoms with E-state index in [9.17, 15) is 0 Å². The molecule has 0 radical (unpaired) electrons. The Balaban J connectivity index is 0.000000225. The van der Waals surface area contributed by atoms with Crippen molar-refractivity contribution in [1.82, 2.24) is 9.97 Å². The number of hydrogen-bond donors (Lipinski definition) is 2. The third-order valence-corrected chi connectivity index (χ3v) is 6.52. The van der Waals surface area contributed by atoms with E-state index in [0.29, 0.717) is 6.54 Å². The van der Waals surface area contributed by atoms with Gasteiger partial charge < -0.3 is 10.7 Å². The highest BCUT2D eigenvalue weighted by Crippen LogP contribution is 2.30. The number of fused-ring (bicyclic) bond motifs is 1. The van der Waals surface area contributed by atoms with E-state index in [2.05, 4.69) is 58.4 Å². The van der Waals surface area contributed by atoms with Crippen molar-refractivity contribution in [3.63, 3.8) is 0 Å². The molecule has 4 nitrogen and oxygen atoms in total. The Morgan fingerprint density at radius 2 is 1.87 bits per heavy atom. The average molecular weight is 419 g/mol. The molecule has 2 aromatic carbocycles. The highest BCUT2D eigenvalue weighted by molar-refractivity contribution is 5.74. The van der Waals surface area contributed by atoms with Gasteiger partial charge in [-0.25, -0.2) is 4.98 Å². The number of nitrogens with one attached hydrogen (secondary N) is 1. The fraction of sp³-hybridized carbons (Fsp3) is 0.481. The number of H-pyrrole nitrogens is 1. The van der Waals surface area contributed by atoms with Gasteiger partial charge in [0.2, 0.25) is 0 Å². The van der Waals surface area contributed by atoms with Crippen LogP contribution in [0.1, 0.15) is 63.3 Å². The summed E-state index contributed by atoms with van der Waals surface area (Å²) in [4.78, 5) is 12.0. The molecule has 1 heterocycles. The van der Waals surface area contributed by atoms with Crippen LogP contribution < -0.4 is 5.73 Å². The number of hydrogen-bond acceptors (Lipinski definition) is 3. The Morgan fingerprint density at radius 1 is 1.13 bits per heavy atom. The second kappa shape index (κ2) is 11.8. The summed E-state index contributed by atoms with van der Waals surface area (Å²) >= 11 is 0. The van der Waals surface area contributed by atoms with E-state index in [4.69, 9.17) is 5.73 Å². The number of aromatic amines is 1. The molecular formula is C27H38N4. The monoisotopic (exact) mass is 418 g/mol. The van der Waals surface area contributed by atoms with Gasteiger partial charge in [-0.15, -0.1) is 0 Å². The third kappa shape index (κ3) is 7.03. The van der Waals surface area contributed by atoms with Crippen LogP contribution in [0.3, 0.4) is 0 Å². The molecule has 1 unspecified atom stereocenters. The lowest BCUT2D eigenvalue weighted by molar-refractivity contribution is 0.292. The van der Waals surface area contributed by atoms with Gasteiger partial charge in [0.05, 0.1) is 11.0 Å². The van der Waals surface area contributed by atoms with Crippen LogP contribution in [0.25, 0.3) is 11.0 Å². The van der Waals surface area contributed by atoms with Crippen molar-refractivity contribution in [3.05, 3.63) is 66.0 Å². The van der Waals surface area contributed by atoms with Gasteiger partial charge in [0.1, 0.15) is 5.82 Å². The fourth-order valence-corrected chi connectivity index (χ4v) is 4.06. The molecule has 0 bridgehead atoms. The van der Waals surface area contributed by atoms with E-state index in [0.717, 1.165) is 42.2 Å². The Bertz CT molecular complexity index is 894. The summed E-state index contributed by atoms with van der Waals surface area (Å²) in [6.45, 7) is 5.76. The predicted octanol–water partition coefficient (Wildman–Crippen LogP) is 6.21. The molecule has 0 aliphatic heterocycles. The van der Waals surface area contributed by atoms with E-state index >= 15 is 0 Å². The maximum Gasteiger partial charge on any atom is 0.104 e. The third-order valence-electron chi connectivity index (χ3n) is 6.52. The van der Waals surface area contributed by atoms with Gasteiger partial charge in [0, 0.05) is 18.5 Å². The summed E-state index contributed by atoms with van der Waals surface area (Å²) < 4.78 is 0. The largest absolute Gasteiger partial charge is 0.342 e. The van der Waals surface area contributed by atoms with Crippen LogP contribution in [0, 0.1) is 12.8 Å². The molecular weight excluding hydrogens is 380 g/mol. The number of nitrogens with two attached hydrogens (primary N) is 1. The van der Waals surface area contributed by atoms with Crippen molar-refractivity contribution in [1.29, 1.82) is 0 Å². The van der Waals surface area contributed by atoms with Crippen LogP contribution >= 0.6 is 0 Å². The Labute approximate surface area is 187 Å². The van der Waals surface area contributed by atoms with Gasteiger partial charge in [-0.2, -0.15) is 0 Å². The molecule has 0 saturated heterocycles. The van der Waals surface area contributed by atoms with Crippen LogP contribution in [0.15, 0.2) is 59.6 Å². The molecule has 1 fully saturated rings.